The van der Waals surface area contributed by atoms with Crippen molar-refractivity contribution in [3.05, 3.63) is 66.1 Å². The molecule has 2 aromatic carbocycles. The van der Waals surface area contributed by atoms with Gasteiger partial charge in [-0.1, -0.05) is 6.58 Å². The van der Waals surface area contributed by atoms with E-state index in [1.807, 2.05) is 4.72 Å². The molecule has 0 aliphatic rings. The van der Waals surface area contributed by atoms with E-state index in [2.05, 4.69) is 11.9 Å². The molecule has 0 aromatic heterocycles. The summed E-state index contributed by atoms with van der Waals surface area (Å²) in [7, 11) is -7.94. The zero-order chi connectivity index (χ0) is 24.3. The Morgan fingerprint density at radius 1 is 1.00 bits per heavy atom. The molecule has 0 aliphatic carbocycles. The molecule has 174 valence electrons. The maximum absolute atomic E-state index is 13.7. The summed E-state index contributed by atoms with van der Waals surface area (Å²) in [5.41, 5.74) is -1.10. The summed E-state index contributed by atoms with van der Waals surface area (Å²) in [4.78, 5) is 11.9. The zero-order valence-electron chi connectivity index (χ0n) is 16.5. The molecule has 0 fully saturated rings. The lowest BCUT2D eigenvalue weighted by Gasteiger charge is -2.14. The van der Waals surface area contributed by atoms with E-state index in [-0.39, 0.29) is 21.1 Å². The first kappa shape index (κ1) is 25.3. The first-order valence-corrected chi connectivity index (χ1v) is 12.1. The van der Waals surface area contributed by atoms with Crippen molar-refractivity contribution in [1.29, 1.82) is 0 Å². The van der Waals surface area contributed by atoms with Gasteiger partial charge in [0.05, 0.1) is 21.0 Å². The van der Waals surface area contributed by atoms with Gasteiger partial charge in [-0.2, -0.15) is 13.2 Å². The highest BCUT2D eigenvalue weighted by molar-refractivity contribution is 7.92. The van der Waals surface area contributed by atoms with Crippen molar-refractivity contribution in [2.24, 2.45) is 0 Å². The van der Waals surface area contributed by atoms with Crippen LogP contribution in [0.5, 0.6) is 0 Å². The largest absolute Gasteiger partial charge is 0.389 e. The second kappa shape index (κ2) is 9.28. The Hall–Kier alpha value is -2.93. The number of nitrogens with one attached hydrogen (secondary N) is 2. The second-order valence-corrected chi connectivity index (χ2v) is 10.4. The normalized spacial score (nSPS) is 12.3. The second-order valence-electron chi connectivity index (χ2n) is 6.71. The number of hydrogen-bond donors (Lipinski definition) is 2. The molecule has 0 saturated heterocycles. The van der Waals surface area contributed by atoms with E-state index in [0.29, 0.717) is 0 Å². The van der Waals surface area contributed by atoms with Gasteiger partial charge < -0.3 is 5.32 Å². The molecule has 13 heteroatoms. The third-order valence-electron chi connectivity index (χ3n) is 4.03. The Bertz CT molecular complexity index is 1240. The van der Waals surface area contributed by atoms with Gasteiger partial charge in [0, 0.05) is 18.4 Å². The van der Waals surface area contributed by atoms with Crippen molar-refractivity contribution in [2.75, 3.05) is 11.0 Å². The average Bonchev–Trinajstić information content (AvgIpc) is 2.65. The summed E-state index contributed by atoms with van der Waals surface area (Å²) in [6.07, 6.45) is -5.34. The smallest absolute Gasteiger partial charge is 0.326 e. The van der Waals surface area contributed by atoms with Crippen LogP contribution in [0.1, 0.15) is 23.2 Å². The molecule has 0 unspecified atom stereocenters. The standard InChI is InChI=1S/C19H18F4N2O5S2/c1-12(9-10-19(21,22)23)24-18(26)16-8-3-13(20)11-17(16)25-32(29,30)15-6-4-14(5-7-15)31(2,27)28/h3-8,11,25H,1,9-10H2,2H3,(H,24,26). The van der Waals surface area contributed by atoms with Crippen molar-refractivity contribution in [1.82, 2.24) is 5.32 Å². The minimum Gasteiger partial charge on any atom is -0.326 e. The number of carbonyl (C=O) groups excluding carboxylic acids is 1. The van der Waals surface area contributed by atoms with E-state index in [4.69, 9.17) is 0 Å². The number of sulfone groups is 1. The Balaban J connectivity index is 2.27. The zero-order valence-corrected chi connectivity index (χ0v) is 18.2. The van der Waals surface area contributed by atoms with E-state index in [9.17, 15) is 39.2 Å². The minimum atomic E-state index is -4.46. The summed E-state index contributed by atoms with van der Waals surface area (Å²) in [6.45, 7) is 3.33. The lowest BCUT2D eigenvalue weighted by molar-refractivity contribution is -0.134. The van der Waals surface area contributed by atoms with Crippen LogP contribution in [-0.4, -0.2) is 35.2 Å². The summed E-state index contributed by atoms with van der Waals surface area (Å²) in [6, 6.07) is 6.68. The molecule has 1 amide bonds. The highest BCUT2D eigenvalue weighted by Crippen LogP contribution is 2.25. The van der Waals surface area contributed by atoms with Crippen LogP contribution in [0.25, 0.3) is 0 Å². The number of anilines is 1. The predicted octanol–water partition coefficient (Wildman–Crippen LogP) is 3.62. The molecule has 0 saturated carbocycles. The number of amides is 1. The van der Waals surface area contributed by atoms with E-state index in [1.54, 1.807) is 0 Å². The summed E-state index contributed by atoms with van der Waals surface area (Å²) < 4.78 is 101. The highest BCUT2D eigenvalue weighted by atomic mass is 32.2. The average molecular weight is 494 g/mol. The Kier molecular flexibility index (Phi) is 7.35. The van der Waals surface area contributed by atoms with E-state index in [0.717, 1.165) is 48.7 Å². The number of allylic oxidation sites excluding steroid dienone is 1. The van der Waals surface area contributed by atoms with E-state index >= 15 is 0 Å². The number of carbonyl (C=O) groups is 1. The Morgan fingerprint density at radius 2 is 1.56 bits per heavy atom. The van der Waals surface area contributed by atoms with Gasteiger partial charge in [0.2, 0.25) is 0 Å². The third kappa shape index (κ3) is 7.05. The van der Waals surface area contributed by atoms with Gasteiger partial charge in [0.15, 0.2) is 9.84 Å². The van der Waals surface area contributed by atoms with Crippen LogP contribution in [0.2, 0.25) is 0 Å². The molecular weight excluding hydrogens is 476 g/mol. The van der Waals surface area contributed by atoms with Crippen LogP contribution in [0.3, 0.4) is 0 Å². The predicted molar refractivity (Wildman–Crippen MR) is 109 cm³/mol. The Labute approximate surface area is 182 Å². The SMILES string of the molecule is C=C(CCC(F)(F)F)NC(=O)c1ccc(F)cc1NS(=O)(=O)c1ccc(S(C)(=O)=O)cc1. The van der Waals surface area contributed by atoms with Crippen molar-refractivity contribution in [3.8, 4) is 0 Å². The molecular formula is C19H18F4N2O5S2. The van der Waals surface area contributed by atoms with Crippen LogP contribution in [-0.2, 0) is 19.9 Å². The summed E-state index contributed by atoms with van der Waals surface area (Å²) >= 11 is 0. The molecule has 0 atom stereocenters. The Morgan fingerprint density at radius 3 is 2.09 bits per heavy atom. The van der Waals surface area contributed by atoms with Crippen molar-refractivity contribution >= 4 is 31.5 Å². The monoisotopic (exact) mass is 494 g/mol. The fourth-order valence-corrected chi connectivity index (χ4v) is 4.15. The number of alkyl halides is 3. The van der Waals surface area contributed by atoms with Gasteiger partial charge in [-0.05, 0) is 48.9 Å². The van der Waals surface area contributed by atoms with Gasteiger partial charge in [-0.15, -0.1) is 0 Å². The van der Waals surface area contributed by atoms with Crippen LogP contribution in [0.15, 0.2) is 64.5 Å². The summed E-state index contributed by atoms with van der Waals surface area (Å²) in [5.74, 6) is -1.88. The van der Waals surface area contributed by atoms with E-state index in [1.165, 1.54) is 0 Å². The van der Waals surface area contributed by atoms with Gasteiger partial charge in [0.25, 0.3) is 15.9 Å². The third-order valence-corrected chi connectivity index (χ3v) is 6.54. The van der Waals surface area contributed by atoms with Crippen molar-refractivity contribution < 1.29 is 39.2 Å². The quantitative estimate of drug-likeness (QED) is 0.545. The highest BCUT2D eigenvalue weighted by Gasteiger charge is 2.27. The van der Waals surface area contributed by atoms with Crippen molar-refractivity contribution in [2.45, 2.75) is 28.8 Å². The maximum atomic E-state index is 13.7. The first-order chi connectivity index (χ1) is 14.6. The van der Waals surface area contributed by atoms with Crippen molar-refractivity contribution in [3.63, 3.8) is 0 Å². The number of rotatable bonds is 8. The number of hydrogen-bond acceptors (Lipinski definition) is 5. The molecule has 0 heterocycles. The maximum Gasteiger partial charge on any atom is 0.389 e. The molecule has 0 spiro atoms. The molecule has 0 bridgehead atoms. The van der Waals surface area contributed by atoms with E-state index < -0.39 is 56.3 Å². The first-order valence-electron chi connectivity index (χ1n) is 8.77. The molecule has 2 aromatic rings. The lowest BCUT2D eigenvalue weighted by Crippen LogP contribution is -2.25. The van der Waals surface area contributed by atoms with Gasteiger partial charge in [0.1, 0.15) is 5.82 Å². The van der Waals surface area contributed by atoms with Crippen LogP contribution >= 0.6 is 0 Å². The number of benzene rings is 2. The molecule has 0 radical (unpaired) electrons. The van der Waals surface area contributed by atoms with Crippen LogP contribution in [0.4, 0.5) is 23.2 Å². The number of sulfonamides is 1. The number of halogens is 4. The fraction of sp³-hybridized carbons (Fsp3) is 0.211. The molecule has 2 N–H and O–H groups in total. The molecule has 2 rings (SSSR count). The molecule has 0 aliphatic heterocycles. The summed E-state index contributed by atoms with van der Waals surface area (Å²) in [5, 5.41) is 2.12. The molecule has 32 heavy (non-hydrogen) atoms. The fourth-order valence-electron chi connectivity index (χ4n) is 2.45. The van der Waals surface area contributed by atoms with Crippen LogP contribution in [0, 0.1) is 5.82 Å². The van der Waals surface area contributed by atoms with Crippen LogP contribution < -0.4 is 10.0 Å². The lowest BCUT2D eigenvalue weighted by atomic mass is 10.1. The topological polar surface area (TPSA) is 109 Å². The van der Waals surface area contributed by atoms with Gasteiger partial charge >= 0.3 is 6.18 Å². The minimum absolute atomic E-state index is 0.125. The molecule has 7 nitrogen and oxygen atoms in total. The van der Waals surface area contributed by atoms with Gasteiger partial charge in [-0.25, -0.2) is 21.2 Å². The van der Waals surface area contributed by atoms with Gasteiger partial charge in [-0.3, -0.25) is 9.52 Å².